The van der Waals surface area contributed by atoms with Crippen molar-refractivity contribution in [2.24, 2.45) is 5.73 Å². The van der Waals surface area contributed by atoms with Crippen molar-refractivity contribution in [2.45, 2.75) is 0 Å². The minimum Gasteiger partial charge on any atom is -0.493 e. The van der Waals surface area contributed by atoms with Crippen molar-refractivity contribution in [3.05, 3.63) is 29.8 Å². The molecule has 0 aliphatic carbocycles. The van der Waals surface area contributed by atoms with Gasteiger partial charge in [0.05, 0.1) is 7.11 Å². The number of allylic oxidation sites excluding steroid dienone is 1. The van der Waals surface area contributed by atoms with Gasteiger partial charge < -0.3 is 15.2 Å². The number of halogens is 1. The SMILES string of the molecule is COc1cc(C=CCBr)ccc1OCC(N)=O. The van der Waals surface area contributed by atoms with Gasteiger partial charge in [0.15, 0.2) is 18.1 Å². The molecule has 1 rings (SSSR count). The standard InChI is InChI=1S/C12H14BrNO3/c1-16-11-7-9(3-2-6-13)4-5-10(11)17-8-12(14)15/h2-5,7H,6,8H2,1H3,(H2,14,15). The van der Waals surface area contributed by atoms with Gasteiger partial charge in [-0.1, -0.05) is 34.1 Å². The van der Waals surface area contributed by atoms with Crippen LogP contribution in [-0.2, 0) is 4.79 Å². The minimum atomic E-state index is -0.518. The highest BCUT2D eigenvalue weighted by atomic mass is 79.9. The Bertz CT molecular complexity index is 418. The Morgan fingerprint density at radius 1 is 1.47 bits per heavy atom. The van der Waals surface area contributed by atoms with Gasteiger partial charge in [-0.3, -0.25) is 4.79 Å². The molecule has 92 valence electrons. The monoisotopic (exact) mass is 299 g/mol. The molecule has 0 saturated heterocycles. The fraction of sp³-hybridized carbons (Fsp3) is 0.250. The number of ether oxygens (including phenoxy) is 2. The molecule has 0 saturated carbocycles. The number of alkyl halides is 1. The zero-order chi connectivity index (χ0) is 12.7. The topological polar surface area (TPSA) is 61.6 Å². The van der Waals surface area contributed by atoms with Crippen molar-refractivity contribution >= 4 is 27.9 Å². The van der Waals surface area contributed by atoms with Crippen LogP contribution in [0.5, 0.6) is 11.5 Å². The number of carbonyl (C=O) groups is 1. The molecule has 1 aromatic carbocycles. The molecule has 17 heavy (non-hydrogen) atoms. The third kappa shape index (κ3) is 4.48. The molecule has 1 amide bonds. The van der Waals surface area contributed by atoms with E-state index in [1.807, 2.05) is 24.3 Å². The van der Waals surface area contributed by atoms with Crippen LogP contribution in [0.4, 0.5) is 0 Å². The summed E-state index contributed by atoms with van der Waals surface area (Å²) < 4.78 is 10.4. The van der Waals surface area contributed by atoms with Gasteiger partial charge in [0, 0.05) is 5.33 Å². The van der Waals surface area contributed by atoms with Crippen LogP contribution >= 0.6 is 15.9 Å². The van der Waals surface area contributed by atoms with Crippen LogP contribution < -0.4 is 15.2 Å². The summed E-state index contributed by atoms with van der Waals surface area (Å²) in [5.41, 5.74) is 6.00. The number of hydrogen-bond donors (Lipinski definition) is 1. The predicted molar refractivity (Wildman–Crippen MR) is 70.5 cm³/mol. The molecule has 0 heterocycles. The maximum absolute atomic E-state index is 10.6. The number of primary amides is 1. The van der Waals surface area contributed by atoms with Gasteiger partial charge in [-0.15, -0.1) is 0 Å². The molecule has 0 aliphatic heterocycles. The summed E-state index contributed by atoms with van der Waals surface area (Å²) in [7, 11) is 1.55. The van der Waals surface area contributed by atoms with Crippen molar-refractivity contribution in [1.29, 1.82) is 0 Å². The van der Waals surface area contributed by atoms with Crippen LogP contribution in [0.3, 0.4) is 0 Å². The lowest BCUT2D eigenvalue weighted by Gasteiger charge is -2.09. The minimum absolute atomic E-state index is 0.160. The van der Waals surface area contributed by atoms with E-state index in [1.54, 1.807) is 13.2 Å². The summed E-state index contributed by atoms with van der Waals surface area (Å²) in [6, 6.07) is 5.45. The number of nitrogens with two attached hydrogens (primary N) is 1. The average Bonchev–Trinajstić information content (AvgIpc) is 2.34. The van der Waals surface area contributed by atoms with Crippen LogP contribution in [-0.4, -0.2) is 25.0 Å². The van der Waals surface area contributed by atoms with Crippen LogP contribution in [0.15, 0.2) is 24.3 Å². The van der Waals surface area contributed by atoms with E-state index in [0.29, 0.717) is 11.5 Å². The molecule has 0 aliphatic rings. The van der Waals surface area contributed by atoms with E-state index in [-0.39, 0.29) is 6.61 Å². The Balaban J connectivity index is 2.85. The van der Waals surface area contributed by atoms with Crippen LogP contribution in [0, 0.1) is 0 Å². The first-order chi connectivity index (χ1) is 8.17. The molecule has 0 radical (unpaired) electrons. The highest BCUT2D eigenvalue weighted by Gasteiger charge is 2.05. The first-order valence-electron chi connectivity index (χ1n) is 4.99. The Labute approximate surface area is 109 Å². The summed E-state index contributed by atoms with van der Waals surface area (Å²) >= 11 is 3.30. The lowest BCUT2D eigenvalue weighted by atomic mass is 10.2. The molecule has 0 spiro atoms. The predicted octanol–water partition coefficient (Wildman–Crippen LogP) is 1.97. The summed E-state index contributed by atoms with van der Waals surface area (Å²) in [6.45, 7) is -0.160. The molecular formula is C12H14BrNO3. The van der Waals surface area contributed by atoms with Gasteiger partial charge in [0.2, 0.25) is 0 Å². The Morgan fingerprint density at radius 2 is 2.24 bits per heavy atom. The third-order valence-corrected chi connectivity index (χ3v) is 2.33. The second-order valence-electron chi connectivity index (χ2n) is 3.22. The molecule has 1 aromatic rings. The molecule has 0 unspecified atom stereocenters. The van der Waals surface area contributed by atoms with Gasteiger partial charge in [-0.25, -0.2) is 0 Å². The highest BCUT2D eigenvalue weighted by molar-refractivity contribution is 9.09. The first kappa shape index (κ1) is 13.6. The average molecular weight is 300 g/mol. The van der Waals surface area contributed by atoms with Gasteiger partial charge >= 0.3 is 0 Å². The van der Waals surface area contributed by atoms with E-state index in [9.17, 15) is 4.79 Å². The summed E-state index contributed by atoms with van der Waals surface area (Å²) in [5, 5.41) is 0.787. The Kier molecular flexibility index (Phi) is 5.56. The van der Waals surface area contributed by atoms with Gasteiger partial charge in [0.1, 0.15) is 0 Å². The smallest absolute Gasteiger partial charge is 0.255 e. The third-order valence-electron chi connectivity index (χ3n) is 1.96. The van der Waals surface area contributed by atoms with Gasteiger partial charge in [0.25, 0.3) is 5.91 Å². The molecule has 0 fully saturated rings. The summed E-state index contributed by atoms with van der Waals surface area (Å²) in [5.74, 6) is 0.556. The second kappa shape index (κ2) is 6.96. The fourth-order valence-electron chi connectivity index (χ4n) is 1.24. The number of rotatable bonds is 6. The second-order valence-corrected chi connectivity index (χ2v) is 3.87. The number of methoxy groups -OCH3 is 1. The van der Waals surface area contributed by atoms with Gasteiger partial charge in [-0.2, -0.15) is 0 Å². The van der Waals surface area contributed by atoms with Crippen LogP contribution in [0.1, 0.15) is 5.56 Å². The maximum Gasteiger partial charge on any atom is 0.255 e. The first-order valence-corrected chi connectivity index (χ1v) is 6.11. The lowest BCUT2D eigenvalue weighted by Crippen LogP contribution is -2.20. The van der Waals surface area contributed by atoms with Gasteiger partial charge in [-0.05, 0) is 17.7 Å². The maximum atomic E-state index is 10.6. The van der Waals surface area contributed by atoms with Crippen molar-refractivity contribution in [1.82, 2.24) is 0 Å². The van der Waals surface area contributed by atoms with E-state index in [2.05, 4.69) is 15.9 Å². The number of carbonyl (C=O) groups excluding carboxylic acids is 1. The highest BCUT2D eigenvalue weighted by Crippen LogP contribution is 2.28. The van der Waals surface area contributed by atoms with Crippen molar-refractivity contribution in [3.8, 4) is 11.5 Å². The van der Waals surface area contributed by atoms with Crippen LogP contribution in [0.2, 0.25) is 0 Å². The van der Waals surface area contributed by atoms with Crippen molar-refractivity contribution in [2.75, 3.05) is 19.0 Å². The number of hydrogen-bond acceptors (Lipinski definition) is 3. The summed E-state index contributed by atoms with van der Waals surface area (Å²) in [4.78, 5) is 10.6. The van der Waals surface area contributed by atoms with E-state index in [1.165, 1.54) is 0 Å². The molecule has 4 nitrogen and oxygen atoms in total. The Morgan fingerprint density at radius 3 is 2.82 bits per heavy atom. The molecule has 2 N–H and O–H groups in total. The Hall–Kier alpha value is -1.49. The number of benzene rings is 1. The van der Waals surface area contributed by atoms with E-state index >= 15 is 0 Å². The fourth-order valence-corrected chi connectivity index (χ4v) is 1.42. The van der Waals surface area contributed by atoms with E-state index in [0.717, 1.165) is 10.9 Å². The van der Waals surface area contributed by atoms with Crippen molar-refractivity contribution in [3.63, 3.8) is 0 Å². The molecule has 5 heteroatoms. The normalized spacial score (nSPS) is 10.5. The van der Waals surface area contributed by atoms with E-state index in [4.69, 9.17) is 15.2 Å². The quantitative estimate of drug-likeness (QED) is 0.817. The zero-order valence-electron chi connectivity index (χ0n) is 9.48. The molecular weight excluding hydrogens is 286 g/mol. The molecule has 0 atom stereocenters. The zero-order valence-corrected chi connectivity index (χ0v) is 11.1. The van der Waals surface area contributed by atoms with E-state index < -0.39 is 5.91 Å². The summed E-state index contributed by atoms with van der Waals surface area (Å²) in [6.07, 6.45) is 3.92. The molecule has 0 bridgehead atoms. The van der Waals surface area contributed by atoms with Crippen LogP contribution in [0.25, 0.3) is 6.08 Å². The molecule has 0 aromatic heterocycles. The van der Waals surface area contributed by atoms with Crippen molar-refractivity contribution < 1.29 is 14.3 Å². The largest absolute Gasteiger partial charge is 0.493 e. The number of amides is 1. The lowest BCUT2D eigenvalue weighted by molar-refractivity contribution is -0.119.